The Bertz CT molecular complexity index is 827. The van der Waals surface area contributed by atoms with Gasteiger partial charge in [-0.05, 0) is 28.1 Å². The molecule has 0 fully saturated rings. The lowest BCUT2D eigenvalue weighted by Crippen LogP contribution is -2.17. The van der Waals surface area contributed by atoms with E-state index in [4.69, 9.17) is 30.5 Å². The van der Waals surface area contributed by atoms with Crippen LogP contribution in [0.5, 0.6) is 23.0 Å². The van der Waals surface area contributed by atoms with Crippen LogP contribution >= 0.6 is 27.5 Å². The van der Waals surface area contributed by atoms with Crippen molar-refractivity contribution in [1.82, 2.24) is 0 Å². The summed E-state index contributed by atoms with van der Waals surface area (Å²) in [4.78, 5) is 12.6. The van der Waals surface area contributed by atoms with Crippen LogP contribution in [0.4, 0.5) is 5.69 Å². The number of fused-ring (bicyclic) bond motifs is 1. The summed E-state index contributed by atoms with van der Waals surface area (Å²) >= 11 is 9.58. The quantitative estimate of drug-likeness (QED) is 0.793. The molecule has 0 unspecified atom stereocenters. The highest BCUT2D eigenvalue weighted by Gasteiger charge is 2.19. The number of halogens is 2. The van der Waals surface area contributed by atoms with E-state index in [9.17, 15) is 4.79 Å². The summed E-state index contributed by atoms with van der Waals surface area (Å²) in [6, 6.07) is 6.54. The Morgan fingerprint density at radius 3 is 2.44 bits per heavy atom. The highest BCUT2D eigenvalue weighted by atomic mass is 79.9. The molecule has 8 heteroatoms. The summed E-state index contributed by atoms with van der Waals surface area (Å²) in [6.07, 6.45) is 0. The first-order valence-corrected chi connectivity index (χ1v) is 8.52. The fraction of sp³-hybridized carbons (Fsp3) is 0.235. The molecule has 0 spiro atoms. The lowest BCUT2D eigenvalue weighted by Gasteiger charge is -2.20. The lowest BCUT2D eigenvalue weighted by molar-refractivity contribution is 0.102. The summed E-state index contributed by atoms with van der Waals surface area (Å²) in [5, 5.41) is 3.10. The SMILES string of the molecule is COc1cc(C(=O)Nc2cc3c(cc2Br)OCCO3)cc(Cl)c1OC. The first-order valence-electron chi connectivity index (χ1n) is 7.35. The highest BCUT2D eigenvalue weighted by Crippen LogP contribution is 2.39. The molecule has 132 valence electrons. The minimum atomic E-state index is -0.347. The lowest BCUT2D eigenvalue weighted by atomic mass is 10.1. The predicted molar refractivity (Wildman–Crippen MR) is 97.6 cm³/mol. The van der Waals surface area contributed by atoms with Crippen LogP contribution < -0.4 is 24.3 Å². The molecule has 0 aromatic heterocycles. The van der Waals surface area contributed by atoms with Crippen LogP contribution in [0, 0.1) is 0 Å². The molecule has 25 heavy (non-hydrogen) atoms. The third-order valence-electron chi connectivity index (χ3n) is 3.58. The van der Waals surface area contributed by atoms with Gasteiger partial charge in [0.2, 0.25) is 0 Å². The molecule has 2 aromatic rings. The zero-order valence-corrected chi connectivity index (χ0v) is 15.9. The minimum absolute atomic E-state index is 0.285. The zero-order valence-electron chi connectivity index (χ0n) is 13.5. The van der Waals surface area contributed by atoms with Gasteiger partial charge < -0.3 is 24.3 Å². The summed E-state index contributed by atoms with van der Waals surface area (Å²) in [5.74, 6) is 1.61. The van der Waals surface area contributed by atoms with Crippen LogP contribution in [-0.4, -0.2) is 33.3 Å². The van der Waals surface area contributed by atoms with Gasteiger partial charge in [0.05, 0.1) is 24.9 Å². The molecular weight excluding hydrogens is 414 g/mol. The zero-order chi connectivity index (χ0) is 18.0. The van der Waals surface area contributed by atoms with E-state index in [0.29, 0.717) is 51.9 Å². The van der Waals surface area contributed by atoms with Gasteiger partial charge in [0.25, 0.3) is 5.91 Å². The Hall–Kier alpha value is -2.12. The third-order valence-corrected chi connectivity index (χ3v) is 4.51. The third kappa shape index (κ3) is 3.62. The molecule has 1 N–H and O–H groups in total. The van der Waals surface area contributed by atoms with Crippen molar-refractivity contribution in [2.75, 3.05) is 32.8 Å². The molecule has 1 aliphatic heterocycles. The van der Waals surface area contributed by atoms with E-state index in [0.717, 1.165) is 0 Å². The molecule has 0 atom stereocenters. The molecule has 0 bridgehead atoms. The van der Waals surface area contributed by atoms with E-state index in [1.54, 1.807) is 18.2 Å². The maximum atomic E-state index is 12.6. The largest absolute Gasteiger partial charge is 0.493 e. The molecule has 0 saturated heterocycles. The molecular formula is C17H15BrClNO5. The minimum Gasteiger partial charge on any atom is -0.493 e. The van der Waals surface area contributed by atoms with Crippen molar-refractivity contribution in [3.8, 4) is 23.0 Å². The number of carbonyl (C=O) groups excluding carboxylic acids is 1. The Morgan fingerprint density at radius 1 is 1.12 bits per heavy atom. The van der Waals surface area contributed by atoms with Gasteiger partial charge in [0, 0.05) is 22.2 Å². The molecule has 0 aliphatic carbocycles. The van der Waals surface area contributed by atoms with Crippen LogP contribution in [0.3, 0.4) is 0 Å². The van der Waals surface area contributed by atoms with Crippen molar-refractivity contribution in [2.24, 2.45) is 0 Å². The second kappa shape index (κ2) is 7.41. The monoisotopic (exact) mass is 427 g/mol. The van der Waals surface area contributed by atoms with E-state index in [2.05, 4.69) is 21.2 Å². The van der Waals surface area contributed by atoms with Gasteiger partial charge in [-0.2, -0.15) is 0 Å². The number of anilines is 1. The number of rotatable bonds is 4. The Labute approximate surface area is 158 Å². The number of ether oxygens (including phenoxy) is 4. The smallest absolute Gasteiger partial charge is 0.255 e. The van der Waals surface area contributed by atoms with Crippen molar-refractivity contribution < 1.29 is 23.7 Å². The first kappa shape index (κ1) is 17.7. The maximum absolute atomic E-state index is 12.6. The normalized spacial score (nSPS) is 12.5. The van der Waals surface area contributed by atoms with Crippen molar-refractivity contribution in [3.63, 3.8) is 0 Å². The molecule has 6 nitrogen and oxygen atoms in total. The summed E-state index contributed by atoms with van der Waals surface area (Å²) < 4.78 is 22.1. The number of hydrogen-bond donors (Lipinski definition) is 1. The molecule has 2 aromatic carbocycles. The first-order chi connectivity index (χ1) is 12.0. The number of methoxy groups -OCH3 is 2. The van der Waals surface area contributed by atoms with Gasteiger partial charge in [-0.1, -0.05) is 11.6 Å². The van der Waals surface area contributed by atoms with Gasteiger partial charge in [-0.25, -0.2) is 0 Å². The summed E-state index contributed by atoms with van der Waals surface area (Å²) in [7, 11) is 2.96. The van der Waals surface area contributed by atoms with Crippen molar-refractivity contribution in [1.29, 1.82) is 0 Å². The number of amides is 1. The number of hydrogen-bond acceptors (Lipinski definition) is 5. The maximum Gasteiger partial charge on any atom is 0.255 e. The van der Waals surface area contributed by atoms with Gasteiger partial charge in [-0.15, -0.1) is 0 Å². The molecule has 1 amide bonds. The molecule has 0 saturated carbocycles. The van der Waals surface area contributed by atoms with E-state index < -0.39 is 0 Å². The summed E-state index contributed by atoms with van der Waals surface area (Å²) in [6.45, 7) is 0.961. The topological polar surface area (TPSA) is 66.0 Å². The van der Waals surface area contributed by atoms with E-state index in [1.807, 2.05) is 0 Å². The molecule has 1 heterocycles. The van der Waals surface area contributed by atoms with Crippen molar-refractivity contribution in [3.05, 3.63) is 39.3 Å². The summed E-state index contributed by atoms with van der Waals surface area (Å²) in [5.41, 5.74) is 0.893. The average molecular weight is 429 g/mol. The Morgan fingerprint density at radius 2 is 1.80 bits per heavy atom. The van der Waals surface area contributed by atoms with E-state index in [1.165, 1.54) is 20.3 Å². The Balaban J connectivity index is 1.89. The van der Waals surface area contributed by atoms with Crippen LogP contribution in [0.1, 0.15) is 10.4 Å². The average Bonchev–Trinajstić information content (AvgIpc) is 2.61. The fourth-order valence-corrected chi connectivity index (χ4v) is 3.11. The van der Waals surface area contributed by atoms with Crippen molar-refractivity contribution >= 4 is 39.1 Å². The van der Waals surface area contributed by atoms with Gasteiger partial charge in [0.1, 0.15) is 13.2 Å². The molecule has 1 aliphatic rings. The second-order valence-corrected chi connectivity index (χ2v) is 6.38. The fourth-order valence-electron chi connectivity index (χ4n) is 2.40. The van der Waals surface area contributed by atoms with E-state index in [-0.39, 0.29) is 10.9 Å². The van der Waals surface area contributed by atoms with Gasteiger partial charge >= 0.3 is 0 Å². The highest BCUT2D eigenvalue weighted by molar-refractivity contribution is 9.10. The second-order valence-electron chi connectivity index (χ2n) is 5.12. The van der Waals surface area contributed by atoms with Crippen LogP contribution in [-0.2, 0) is 0 Å². The standard InChI is InChI=1S/C17H15BrClNO5/c1-22-15-6-9(5-11(19)16(15)23-2)17(21)20-12-8-14-13(7-10(12)18)24-3-4-25-14/h5-8H,3-4H2,1-2H3,(H,20,21). The predicted octanol–water partition coefficient (Wildman–Crippen LogP) is 4.14. The van der Waals surface area contributed by atoms with Gasteiger partial charge in [0.15, 0.2) is 23.0 Å². The number of nitrogens with one attached hydrogen (secondary N) is 1. The number of carbonyl (C=O) groups is 1. The molecule has 0 radical (unpaired) electrons. The number of benzene rings is 2. The van der Waals surface area contributed by atoms with Crippen LogP contribution in [0.15, 0.2) is 28.7 Å². The Kier molecular flexibility index (Phi) is 5.24. The van der Waals surface area contributed by atoms with Gasteiger partial charge in [-0.3, -0.25) is 4.79 Å². The van der Waals surface area contributed by atoms with E-state index >= 15 is 0 Å². The molecule has 3 rings (SSSR count). The van der Waals surface area contributed by atoms with Crippen LogP contribution in [0.25, 0.3) is 0 Å². The van der Waals surface area contributed by atoms with Crippen molar-refractivity contribution in [2.45, 2.75) is 0 Å². The van der Waals surface area contributed by atoms with Crippen LogP contribution in [0.2, 0.25) is 5.02 Å².